The molecule has 18 heavy (non-hydrogen) atoms. The zero-order valence-electron chi connectivity index (χ0n) is 11.7. The van der Waals surface area contributed by atoms with E-state index >= 15 is 0 Å². The van der Waals surface area contributed by atoms with Gasteiger partial charge in [-0.05, 0) is 33.7 Å². The monoisotopic (exact) mass is 255 g/mol. The second-order valence-corrected chi connectivity index (χ2v) is 6.56. The second kappa shape index (κ2) is 5.05. The molecule has 0 aliphatic carbocycles. The zero-order valence-corrected chi connectivity index (χ0v) is 11.7. The first-order valence-corrected chi connectivity index (χ1v) is 6.79. The van der Waals surface area contributed by atoms with Crippen molar-refractivity contribution >= 4 is 6.09 Å². The Morgan fingerprint density at radius 2 is 2.00 bits per heavy atom. The SMILES string of the molecule is CC(C)(C)OC(=O)N1CC(CN2CCC(N)C2)C1. The highest BCUT2D eigenvalue weighted by Crippen LogP contribution is 2.21. The maximum atomic E-state index is 11.7. The molecule has 0 bridgehead atoms. The molecule has 0 saturated carbocycles. The summed E-state index contributed by atoms with van der Waals surface area (Å²) in [6, 6.07) is 0.340. The van der Waals surface area contributed by atoms with Gasteiger partial charge in [-0.25, -0.2) is 4.79 Å². The molecule has 2 aliphatic rings. The van der Waals surface area contributed by atoms with Gasteiger partial charge in [0.05, 0.1) is 0 Å². The Labute approximate surface area is 109 Å². The van der Waals surface area contributed by atoms with Gasteiger partial charge < -0.3 is 20.3 Å². The molecule has 2 aliphatic heterocycles. The molecule has 2 fully saturated rings. The largest absolute Gasteiger partial charge is 0.444 e. The van der Waals surface area contributed by atoms with Crippen molar-refractivity contribution in [3.05, 3.63) is 0 Å². The minimum absolute atomic E-state index is 0.183. The molecule has 2 rings (SSSR count). The lowest BCUT2D eigenvalue weighted by Gasteiger charge is -2.41. The van der Waals surface area contributed by atoms with E-state index in [0.29, 0.717) is 12.0 Å². The number of nitrogens with two attached hydrogens (primary N) is 1. The quantitative estimate of drug-likeness (QED) is 0.796. The van der Waals surface area contributed by atoms with Gasteiger partial charge in [-0.2, -0.15) is 0 Å². The van der Waals surface area contributed by atoms with Gasteiger partial charge in [-0.3, -0.25) is 0 Å². The van der Waals surface area contributed by atoms with Gasteiger partial charge in [-0.1, -0.05) is 0 Å². The Morgan fingerprint density at radius 1 is 1.33 bits per heavy atom. The Bertz CT molecular complexity index is 308. The summed E-state index contributed by atoms with van der Waals surface area (Å²) in [6.07, 6.45) is 0.916. The molecular formula is C13H25N3O2. The van der Waals surface area contributed by atoms with Crippen LogP contribution in [0.2, 0.25) is 0 Å². The van der Waals surface area contributed by atoms with Crippen LogP contribution in [-0.4, -0.2) is 60.3 Å². The lowest BCUT2D eigenvalue weighted by atomic mass is 10.0. The predicted octanol–water partition coefficient (Wildman–Crippen LogP) is 0.886. The number of likely N-dealkylation sites (tertiary alicyclic amines) is 2. The van der Waals surface area contributed by atoms with E-state index in [1.807, 2.05) is 20.8 Å². The van der Waals surface area contributed by atoms with Gasteiger partial charge in [0.2, 0.25) is 0 Å². The number of rotatable bonds is 2. The molecule has 0 spiro atoms. The van der Waals surface area contributed by atoms with Gasteiger partial charge in [0.1, 0.15) is 5.60 Å². The van der Waals surface area contributed by atoms with Gasteiger partial charge >= 0.3 is 6.09 Å². The smallest absolute Gasteiger partial charge is 0.410 e. The highest BCUT2D eigenvalue weighted by Gasteiger charge is 2.35. The third-order valence-corrected chi connectivity index (χ3v) is 3.43. The maximum Gasteiger partial charge on any atom is 0.410 e. The van der Waals surface area contributed by atoms with E-state index in [1.165, 1.54) is 0 Å². The number of hydrogen-bond donors (Lipinski definition) is 1. The van der Waals surface area contributed by atoms with Crippen LogP contribution in [0.1, 0.15) is 27.2 Å². The molecule has 5 nitrogen and oxygen atoms in total. The van der Waals surface area contributed by atoms with E-state index in [9.17, 15) is 4.79 Å². The summed E-state index contributed by atoms with van der Waals surface area (Å²) in [7, 11) is 0. The van der Waals surface area contributed by atoms with Crippen LogP contribution < -0.4 is 5.73 Å². The van der Waals surface area contributed by atoms with E-state index in [2.05, 4.69) is 4.90 Å². The summed E-state index contributed by atoms with van der Waals surface area (Å²) >= 11 is 0. The number of carbonyl (C=O) groups is 1. The summed E-state index contributed by atoms with van der Waals surface area (Å²) in [5.41, 5.74) is 5.48. The summed E-state index contributed by atoms with van der Waals surface area (Å²) in [4.78, 5) is 15.9. The molecule has 1 amide bonds. The zero-order chi connectivity index (χ0) is 13.3. The lowest BCUT2D eigenvalue weighted by molar-refractivity contribution is -0.00532. The van der Waals surface area contributed by atoms with Crippen molar-refractivity contribution in [1.82, 2.24) is 9.80 Å². The first-order valence-electron chi connectivity index (χ1n) is 6.79. The topological polar surface area (TPSA) is 58.8 Å². The summed E-state index contributed by atoms with van der Waals surface area (Å²) in [5, 5.41) is 0. The molecule has 5 heteroatoms. The van der Waals surface area contributed by atoms with E-state index < -0.39 is 5.60 Å². The van der Waals surface area contributed by atoms with Gasteiger partial charge in [0.25, 0.3) is 0 Å². The second-order valence-electron chi connectivity index (χ2n) is 6.56. The fourth-order valence-corrected chi connectivity index (χ4v) is 2.55. The maximum absolute atomic E-state index is 11.7. The van der Waals surface area contributed by atoms with Crippen LogP contribution in [0.3, 0.4) is 0 Å². The molecule has 1 atom stereocenters. The van der Waals surface area contributed by atoms with Gasteiger partial charge in [0.15, 0.2) is 0 Å². The van der Waals surface area contributed by atoms with Crippen molar-refractivity contribution in [2.24, 2.45) is 11.7 Å². The molecule has 2 saturated heterocycles. The highest BCUT2D eigenvalue weighted by molar-refractivity contribution is 5.69. The lowest BCUT2D eigenvalue weighted by Crippen LogP contribution is -2.54. The fourth-order valence-electron chi connectivity index (χ4n) is 2.55. The molecule has 104 valence electrons. The number of nitrogens with zero attached hydrogens (tertiary/aromatic N) is 2. The van der Waals surface area contributed by atoms with Crippen LogP contribution in [-0.2, 0) is 4.74 Å². The minimum atomic E-state index is -0.399. The van der Waals surface area contributed by atoms with Crippen LogP contribution in [0.15, 0.2) is 0 Å². The number of amides is 1. The number of carbonyl (C=O) groups excluding carboxylic acids is 1. The molecule has 0 aromatic heterocycles. The number of ether oxygens (including phenoxy) is 1. The highest BCUT2D eigenvalue weighted by atomic mass is 16.6. The summed E-state index contributed by atoms with van der Waals surface area (Å²) in [5.74, 6) is 0.586. The summed E-state index contributed by atoms with van der Waals surface area (Å²) < 4.78 is 5.33. The predicted molar refractivity (Wildman–Crippen MR) is 70.3 cm³/mol. The molecule has 2 N–H and O–H groups in total. The molecule has 0 aromatic carbocycles. The van der Waals surface area contributed by atoms with Crippen molar-refractivity contribution < 1.29 is 9.53 Å². The van der Waals surface area contributed by atoms with Gasteiger partial charge in [-0.15, -0.1) is 0 Å². The Hall–Kier alpha value is -0.810. The average Bonchev–Trinajstić information content (AvgIpc) is 2.53. The van der Waals surface area contributed by atoms with Crippen molar-refractivity contribution in [2.45, 2.75) is 38.8 Å². The van der Waals surface area contributed by atoms with E-state index in [1.54, 1.807) is 4.90 Å². The van der Waals surface area contributed by atoms with Crippen LogP contribution >= 0.6 is 0 Å². The van der Waals surface area contributed by atoms with E-state index in [-0.39, 0.29) is 6.09 Å². The molecule has 0 aromatic rings. The minimum Gasteiger partial charge on any atom is -0.444 e. The van der Waals surface area contributed by atoms with E-state index in [4.69, 9.17) is 10.5 Å². The molecule has 1 unspecified atom stereocenters. The summed E-state index contributed by atoms with van der Waals surface area (Å²) in [6.45, 7) is 10.5. The third-order valence-electron chi connectivity index (χ3n) is 3.43. The van der Waals surface area contributed by atoms with Crippen LogP contribution in [0.4, 0.5) is 4.79 Å². The fraction of sp³-hybridized carbons (Fsp3) is 0.923. The Kier molecular flexibility index (Phi) is 3.82. The molecule has 2 heterocycles. The average molecular weight is 255 g/mol. The Balaban J connectivity index is 1.66. The van der Waals surface area contributed by atoms with Crippen molar-refractivity contribution in [2.75, 3.05) is 32.7 Å². The van der Waals surface area contributed by atoms with Crippen LogP contribution in [0.25, 0.3) is 0 Å². The first kappa shape index (κ1) is 13.6. The number of hydrogen-bond acceptors (Lipinski definition) is 4. The van der Waals surface area contributed by atoms with Crippen LogP contribution in [0, 0.1) is 5.92 Å². The standard InChI is InChI=1S/C13H25N3O2/c1-13(2,3)18-12(17)16-7-10(8-16)6-15-5-4-11(14)9-15/h10-11H,4-9,14H2,1-3H3. The van der Waals surface area contributed by atoms with Crippen molar-refractivity contribution in [3.8, 4) is 0 Å². The van der Waals surface area contributed by atoms with Crippen molar-refractivity contribution in [1.29, 1.82) is 0 Å². The Morgan fingerprint density at radius 3 is 2.50 bits per heavy atom. The first-order chi connectivity index (χ1) is 8.33. The molecular weight excluding hydrogens is 230 g/mol. The normalized spacial score (nSPS) is 26.2. The van der Waals surface area contributed by atoms with E-state index in [0.717, 1.165) is 39.1 Å². The third kappa shape index (κ3) is 3.59. The molecule has 0 radical (unpaired) electrons. The van der Waals surface area contributed by atoms with Gasteiger partial charge in [0, 0.05) is 38.1 Å². The van der Waals surface area contributed by atoms with Crippen LogP contribution in [0.5, 0.6) is 0 Å². The van der Waals surface area contributed by atoms with Crippen molar-refractivity contribution in [3.63, 3.8) is 0 Å².